The van der Waals surface area contributed by atoms with Gasteiger partial charge in [0.2, 0.25) is 0 Å². The average Bonchev–Trinajstić information content (AvgIpc) is 2.76. The fourth-order valence-corrected chi connectivity index (χ4v) is 2.56. The van der Waals surface area contributed by atoms with Crippen molar-refractivity contribution >= 4 is 29.2 Å². The summed E-state index contributed by atoms with van der Waals surface area (Å²) in [5.41, 5.74) is -0.136. The number of benzene rings is 1. The van der Waals surface area contributed by atoms with Crippen molar-refractivity contribution in [2.24, 2.45) is 0 Å². The first-order valence-electron chi connectivity index (χ1n) is 6.26. The van der Waals surface area contributed by atoms with Crippen LogP contribution in [-0.2, 0) is 9.47 Å². The first kappa shape index (κ1) is 17.3. The van der Waals surface area contributed by atoms with Crippen LogP contribution in [0.4, 0.5) is 0 Å². The van der Waals surface area contributed by atoms with Crippen molar-refractivity contribution < 1.29 is 34.3 Å². The van der Waals surface area contributed by atoms with Crippen LogP contribution in [0.3, 0.4) is 0 Å². The van der Waals surface area contributed by atoms with Gasteiger partial charge in [-0.2, -0.15) is 0 Å². The number of ether oxygens (including phenoxy) is 3. The number of aliphatic hydroxyl groups is 3. The Kier molecular flexibility index (Phi) is 5.49. The Morgan fingerprint density at radius 1 is 1.32 bits per heavy atom. The van der Waals surface area contributed by atoms with Gasteiger partial charge in [0.15, 0.2) is 18.1 Å². The van der Waals surface area contributed by atoms with Gasteiger partial charge in [0.1, 0.15) is 17.8 Å². The Hall–Kier alpha value is -1.09. The molecule has 0 amide bonds. The molecule has 0 aliphatic carbocycles. The summed E-state index contributed by atoms with van der Waals surface area (Å²) in [7, 11) is 1.30. The zero-order valence-corrected chi connectivity index (χ0v) is 12.9. The summed E-state index contributed by atoms with van der Waals surface area (Å²) in [4.78, 5) is 12.3. The number of carbonyl (C=O) groups excluding carboxylic acids is 1. The minimum Gasteiger partial charge on any atom is -0.494 e. The molecule has 1 aliphatic rings. The second kappa shape index (κ2) is 6.99. The molecule has 1 aromatic rings. The van der Waals surface area contributed by atoms with Gasteiger partial charge in [-0.3, -0.25) is 0 Å². The van der Waals surface area contributed by atoms with E-state index in [1.165, 1.54) is 19.2 Å². The summed E-state index contributed by atoms with van der Waals surface area (Å²) in [6.45, 7) is -0.534. The van der Waals surface area contributed by atoms with E-state index in [1.54, 1.807) is 0 Å². The van der Waals surface area contributed by atoms with Gasteiger partial charge in [-0.25, -0.2) is 4.79 Å². The van der Waals surface area contributed by atoms with E-state index in [-0.39, 0.29) is 21.4 Å². The van der Waals surface area contributed by atoms with Gasteiger partial charge in [-0.05, 0) is 12.1 Å². The average molecular weight is 353 g/mol. The highest BCUT2D eigenvalue weighted by Crippen LogP contribution is 2.35. The second-order valence-corrected chi connectivity index (χ2v) is 5.36. The normalized spacial score (nSPS) is 27.7. The number of hydrogen-bond acceptors (Lipinski definition) is 7. The maximum Gasteiger partial charge on any atom is 0.344 e. The first-order valence-corrected chi connectivity index (χ1v) is 7.01. The highest BCUT2D eigenvalue weighted by Gasteiger charge is 2.45. The minimum absolute atomic E-state index is 0.0146. The van der Waals surface area contributed by atoms with E-state index in [0.717, 1.165) is 0 Å². The molecule has 0 spiro atoms. The SMILES string of the molecule is COc1c(Cl)ccc(Cl)c1C(=O)OC1C(O)OC(CO)C1O. The van der Waals surface area contributed by atoms with Crippen LogP contribution < -0.4 is 4.74 Å². The van der Waals surface area contributed by atoms with Crippen molar-refractivity contribution in [2.75, 3.05) is 13.7 Å². The van der Waals surface area contributed by atoms with Gasteiger partial charge in [0.05, 0.1) is 23.8 Å². The van der Waals surface area contributed by atoms with E-state index in [1.807, 2.05) is 0 Å². The van der Waals surface area contributed by atoms with Gasteiger partial charge in [0, 0.05) is 0 Å². The molecule has 0 saturated carbocycles. The zero-order chi connectivity index (χ0) is 16.4. The molecule has 22 heavy (non-hydrogen) atoms. The molecule has 3 N–H and O–H groups in total. The van der Waals surface area contributed by atoms with Gasteiger partial charge >= 0.3 is 5.97 Å². The molecule has 1 saturated heterocycles. The van der Waals surface area contributed by atoms with Crippen LogP contribution in [0, 0.1) is 0 Å². The van der Waals surface area contributed by atoms with Crippen LogP contribution in [0.25, 0.3) is 0 Å². The van der Waals surface area contributed by atoms with Crippen LogP contribution in [-0.4, -0.2) is 59.6 Å². The lowest BCUT2D eigenvalue weighted by atomic mass is 10.1. The number of esters is 1. The molecule has 0 bridgehead atoms. The van der Waals surface area contributed by atoms with Crippen LogP contribution in [0.1, 0.15) is 10.4 Å². The lowest BCUT2D eigenvalue weighted by Gasteiger charge is -2.19. The van der Waals surface area contributed by atoms with Crippen LogP contribution in [0.5, 0.6) is 5.75 Å². The van der Waals surface area contributed by atoms with Gasteiger partial charge in [0.25, 0.3) is 0 Å². The molecular weight excluding hydrogens is 339 g/mol. The molecule has 0 radical (unpaired) electrons. The third kappa shape index (κ3) is 3.15. The van der Waals surface area contributed by atoms with Crippen LogP contribution >= 0.6 is 23.2 Å². The number of rotatable bonds is 4. The van der Waals surface area contributed by atoms with E-state index in [2.05, 4.69) is 0 Å². The Morgan fingerprint density at radius 2 is 1.95 bits per heavy atom. The van der Waals surface area contributed by atoms with Crippen LogP contribution in [0.2, 0.25) is 10.0 Å². The molecule has 2 rings (SSSR count). The molecule has 1 fully saturated rings. The molecule has 0 aromatic heterocycles. The summed E-state index contributed by atoms with van der Waals surface area (Å²) >= 11 is 11.9. The molecular formula is C13H14Cl2O7. The predicted octanol–water partition coefficient (Wildman–Crippen LogP) is 0.598. The van der Waals surface area contributed by atoms with E-state index in [9.17, 15) is 15.0 Å². The predicted molar refractivity (Wildman–Crippen MR) is 76.2 cm³/mol. The summed E-state index contributed by atoms with van der Waals surface area (Å²) in [5, 5.41) is 28.7. The van der Waals surface area contributed by atoms with Crippen molar-refractivity contribution in [1.82, 2.24) is 0 Å². The summed E-state index contributed by atoms with van der Waals surface area (Å²) in [6, 6.07) is 2.83. The van der Waals surface area contributed by atoms with Crippen molar-refractivity contribution in [2.45, 2.75) is 24.6 Å². The minimum atomic E-state index is -1.57. The lowest BCUT2D eigenvalue weighted by molar-refractivity contribution is -0.135. The van der Waals surface area contributed by atoms with Gasteiger partial charge in [-0.1, -0.05) is 23.2 Å². The summed E-state index contributed by atoms with van der Waals surface area (Å²) in [5.74, 6) is -0.935. The summed E-state index contributed by atoms with van der Waals surface area (Å²) < 4.78 is 14.9. The molecule has 4 atom stereocenters. The highest BCUT2D eigenvalue weighted by molar-refractivity contribution is 6.37. The molecule has 4 unspecified atom stereocenters. The second-order valence-electron chi connectivity index (χ2n) is 4.55. The first-order chi connectivity index (χ1) is 10.4. The molecule has 1 aromatic carbocycles. The van der Waals surface area contributed by atoms with Crippen molar-refractivity contribution in [3.8, 4) is 5.75 Å². The Bertz CT molecular complexity index is 566. The van der Waals surface area contributed by atoms with E-state index < -0.39 is 37.2 Å². The maximum atomic E-state index is 12.3. The molecule has 1 aliphatic heterocycles. The molecule has 122 valence electrons. The van der Waals surface area contributed by atoms with E-state index in [0.29, 0.717) is 0 Å². The zero-order valence-electron chi connectivity index (χ0n) is 11.4. The van der Waals surface area contributed by atoms with Gasteiger partial charge < -0.3 is 29.5 Å². The summed E-state index contributed by atoms with van der Waals surface area (Å²) in [6.07, 6.45) is -5.37. The van der Waals surface area contributed by atoms with Crippen LogP contribution in [0.15, 0.2) is 12.1 Å². The van der Waals surface area contributed by atoms with Gasteiger partial charge in [-0.15, -0.1) is 0 Å². The largest absolute Gasteiger partial charge is 0.494 e. The Balaban J connectivity index is 2.25. The van der Waals surface area contributed by atoms with E-state index in [4.69, 9.17) is 42.5 Å². The lowest BCUT2D eigenvalue weighted by Crippen LogP contribution is -2.38. The molecule has 1 heterocycles. The smallest absolute Gasteiger partial charge is 0.344 e. The highest BCUT2D eigenvalue weighted by atomic mass is 35.5. The molecule has 9 heteroatoms. The number of aliphatic hydroxyl groups excluding tert-OH is 3. The molecule has 7 nitrogen and oxygen atoms in total. The van der Waals surface area contributed by atoms with Crippen molar-refractivity contribution in [1.29, 1.82) is 0 Å². The number of carbonyl (C=O) groups is 1. The number of hydrogen-bond donors (Lipinski definition) is 3. The quantitative estimate of drug-likeness (QED) is 0.681. The van der Waals surface area contributed by atoms with E-state index >= 15 is 0 Å². The van der Waals surface area contributed by atoms with Crippen molar-refractivity contribution in [3.05, 3.63) is 27.7 Å². The monoisotopic (exact) mass is 352 g/mol. The number of methoxy groups -OCH3 is 1. The fraction of sp³-hybridized carbons (Fsp3) is 0.462. The van der Waals surface area contributed by atoms with Crippen molar-refractivity contribution in [3.63, 3.8) is 0 Å². The number of halogens is 2. The Labute approximate surface area is 135 Å². The fourth-order valence-electron chi connectivity index (χ4n) is 2.10. The third-order valence-corrected chi connectivity index (χ3v) is 3.82. The standard InChI is InChI=1S/C13H14Cl2O7/c1-20-10-6(15)3-2-5(14)8(10)12(18)22-11-9(17)7(4-16)21-13(11)19/h2-3,7,9,11,13,16-17,19H,4H2,1H3. The topological polar surface area (TPSA) is 105 Å². The third-order valence-electron chi connectivity index (χ3n) is 3.20. The Morgan fingerprint density at radius 3 is 2.50 bits per heavy atom. The maximum absolute atomic E-state index is 12.3.